The van der Waals surface area contributed by atoms with Crippen LogP contribution in [-0.2, 0) is 14.3 Å². The van der Waals surface area contributed by atoms with Crippen LogP contribution < -0.4 is 0 Å². The van der Waals surface area contributed by atoms with Gasteiger partial charge in [0.15, 0.2) is 0 Å². The molecule has 0 saturated carbocycles. The highest BCUT2D eigenvalue weighted by molar-refractivity contribution is 5.79. The molecule has 2 heterocycles. The van der Waals surface area contributed by atoms with Gasteiger partial charge in [-0.1, -0.05) is 26.7 Å². The van der Waals surface area contributed by atoms with E-state index in [1.807, 2.05) is 4.90 Å². The lowest BCUT2D eigenvalue weighted by molar-refractivity contribution is -0.153. The first-order valence-electron chi connectivity index (χ1n) is 10.2. The van der Waals surface area contributed by atoms with E-state index in [0.29, 0.717) is 26.1 Å². The number of methoxy groups -OCH3 is 1. The van der Waals surface area contributed by atoms with Crippen LogP contribution in [0.15, 0.2) is 0 Å². The van der Waals surface area contributed by atoms with Crippen LogP contribution >= 0.6 is 0 Å². The summed E-state index contributed by atoms with van der Waals surface area (Å²) in [5.41, 5.74) is -0.390. The van der Waals surface area contributed by atoms with Crippen molar-refractivity contribution in [1.82, 2.24) is 9.80 Å². The van der Waals surface area contributed by atoms with Gasteiger partial charge in [0.05, 0.1) is 6.10 Å². The highest BCUT2D eigenvalue weighted by Crippen LogP contribution is 2.39. The predicted octanol–water partition coefficient (Wildman–Crippen LogP) is 2.05. The fourth-order valence-electron chi connectivity index (χ4n) is 4.67. The fourth-order valence-corrected chi connectivity index (χ4v) is 4.67. The van der Waals surface area contributed by atoms with Gasteiger partial charge in [0, 0.05) is 44.6 Å². The summed E-state index contributed by atoms with van der Waals surface area (Å²) < 4.78 is 4.99. The molecule has 150 valence electrons. The van der Waals surface area contributed by atoms with Gasteiger partial charge in [0.2, 0.25) is 11.8 Å². The molecule has 0 aromatic rings. The Morgan fingerprint density at radius 1 is 1.15 bits per heavy atom. The van der Waals surface area contributed by atoms with E-state index in [0.717, 1.165) is 45.1 Å². The zero-order valence-corrected chi connectivity index (χ0v) is 16.7. The van der Waals surface area contributed by atoms with E-state index < -0.39 is 11.5 Å². The molecule has 0 aliphatic carbocycles. The zero-order chi connectivity index (χ0) is 19.2. The topological polar surface area (TPSA) is 70.1 Å². The first kappa shape index (κ1) is 21.2. The van der Waals surface area contributed by atoms with Crippen LogP contribution in [0.1, 0.15) is 58.8 Å². The highest BCUT2D eigenvalue weighted by atomic mass is 16.5. The molecule has 2 fully saturated rings. The van der Waals surface area contributed by atoms with E-state index >= 15 is 0 Å². The number of hydrogen-bond donors (Lipinski definition) is 1. The van der Waals surface area contributed by atoms with Crippen molar-refractivity contribution in [2.75, 3.05) is 39.9 Å². The second kappa shape index (κ2) is 9.70. The molecule has 0 bridgehead atoms. The lowest BCUT2D eigenvalue weighted by Crippen LogP contribution is -2.61. The van der Waals surface area contributed by atoms with E-state index in [1.165, 1.54) is 7.11 Å². The van der Waals surface area contributed by atoms with Crippen LogP contribution in [0.4, 0.5) is 0 Å². The Hall–Kier alpha value is -1.14. The maximum Gasteiger partial charge on any atom is 0.248 e. The smallest absolute Gasteiger partial charge is 0.248 e. The Morgan fingerprint density at radius 2 is 1.81 bits per heavy atom. The van der Waals surface area contributed by atoms with Crippen LogP contribution in [0.5, 0.6) is 0 Å². The van der Waals surface area contributed by atoms with Crippen molar-refractivity contribution in [2.45, 2.75) is 64.9 Å². The van der Waals surface area contributed by atoms with Crippen LogP contribution in [0.3, 0.4) is 0 Å². The van der Waals surface area contributed by atoms with E-state index in [4.69, 9.17) is 4.74 Å². The van der Waals surface area contributed by atoms with E-state index in [-0.39, 0.29) is 24.3 Å². The number of piperidine rings is 2. The monoisotopic (exact) mass is 368 g/mol. The minimum absolute atomic E-state index is 0.0305. The molecule has 1 N–H and O–H groups in total. The third-order valence-electron chi connectivity index (χ3n) is 6.05. The molecule has 26 heavy (non-hydrogen) atoms. The standard InChI is InChI=1S/C20H36N2O4/c1-4-7-16(8-5-2)19(25)22-11-6-10-20(15-22)14-21(12-9-17(20)23)18(24)13-26-3/h16-17,23H,4-15H2,1-3H3/t17?,20-/m1/s1. The molecular weight excluding hydrogens is 332 g/mol. The number of carbonyl (C=O) groups is 2. The van der Waals surface area contributed by atoms with Crippen molar-refractivity contribution in [3.63, 3.8) is 0 Å². The molecule has 6 nitrogen and oxygen atoms in total. The number of carbonyl (C=O) groups excluding carboxylic acids is 2. The van der Waals surface area contributed by atoms with Crippen molar-refractivity contribution in [1.29, 1.82) is 0 Å². The maximum atomic E-state index is 13.1. The number of likely N-dealkylation sites (tertiary alicyclic amines) is 2. The summed E-state index contributed by atoms with van der Waals surface area (Å²) in [6.45, 7) is 6.73. The Balaban J connectivity index is 2.10. The van der Waals surface area contributed by atoms with Crippen molar-refractivity contribution < 1.29 is 19.4 Å². The van der Waals surface area contributed by atoms with E-state index in [1.54, 1.807) is 4.90 Å². The lowest BCUT2D eigenvalue weighted by Gasteiger charge is -2.51. The molecule has 0 aromatic carbocycles. The van der Waals surface area contributed by atoms with Crippen LogP contribution in [-0.4, -0.2) is 72.7 Å². The van der Waals surface area contributed by atoms with Crippen molar-refractivity contribution in [3.8, 4) is 0 Å². The number of aliphatic hydroxyl groups is 1. The summed E-state index contributed by atoms with van der Waals surface area (Å²) in [4.78, 5) is 29.1. The summed E-state index contributed by atoms with van der Waals surface area (Å²) in [5.74, 6) is 0.296. The number of amides is 2. The molecule has 2 saturated heterocycles. The minimum Gasteiger partial charge on any atom is -0.392 e. The molecule has 1 unspecified atom stereocenters. The summed E-state index contributed by atoms with van der Waals surface area (Å²) in [6.07, 6.45) is 5.75. The Morgan fingerprint density at radius 3 is 2.42 bits per heavy atom. The van der Waals surface area contributed by atoms with Gasteiger partial charge in [0.25, 0.3) is 0 Å². The molecule has 2 atom stereocenters. The Kier molecular flexibility index (Phi) is 7.89. The number of ether oxygens (including phenoxy) is 1. The summed E-state index contributed by atoms with van der Waals surface area (Å²) >= 11 is 0. The third-order valence-corrected chi connectivity index (χ3v) is 6.05. The third kappa shape index (κ3) is 4.77. The highest BCUT2D eigenvalue weighted by Gasteiger charge is 2.47. The first-order chi connectivity index (χ1) is 12.5. The van der Waals surface area contributed by atoms with Gasteiger partial charge in [0.1, 0.15) is 6.61 Å². The molecule has 2 rings (SSSR count). The predicted molar refractivity (Wildman–Crippen MR) is 101 cm³/mol. The van der Waals surface area contributed by atoms with Gasteiger partial charge in [-0.25, -0.2) is 0 Å². The molecule has 0 aromatic heterocycles. The molecule has 2 amide bonds. The number of nitrogens with zero attached hydrogens (tertiary/aromatic N) is 2. The van der Waals surface area contributed by atoms with Gasteiger partial charge >= 0.3 is 0 Å². The number of rotatable bonds is 7. The van der Waals surface area contributed by atoms with Gasteiger partial charge in [-0.15, -0.1) is 0 Å². The van der Waals surface area contributed by atoms with Crippen molar-refractivity contribution >= 4 is 11.8 Å². The Bertz CT molecular complexity index is 478. The van der Waals surface area contributed by atoms with E-state index in [2.05, 4.69) is 13.8 Å². The first-order valence-corrected chi connectivity index (χ1v) is 10.2. The minimum atomic E-state index is -0.458. The molecule has 2 aliphatic heterocycles. The van der Waals surface area contributed by atoms with Gasteiger partial charge < -0.3 is 19.6 Å². The molecule has 6 heteroatoms. The normalized spacial score (nSPS) is 26.6. The van der Waals surface area contributed by atoms with Crippen molar-refractivity contribution in [3.05, 3.63) is 0 Å². The van der Waals surface area contributed by atoms with E-state index in [9.17, 15) is 14.7 Å². The summed E-state index contributed by atoms with van der Waals surface area (Å²) in [5, 5.41) is 10.8. The fraction of sp³-hybridized carbons (Fsp3) is 0.900. The summed E-state index contributed by atoms with van der Waals surface area (Å²) in [6, 6.07) is 0. The quantitative estimate of drug-likeness (QED) is 0.747. The number of aliphatic hydroxyl groups excluding tert-OH is 1. The largest absolute Gasteiger partial charge is 0.392 e. The number of hydrogen-bond acceptors (Lipinski definition) is 4. The molecule has 0 radical (unpaired) electrons. The van der Waals surface area contributed by atoms with Gasteiger partial charge in [-0.3, -0.25) is 9.59 Å². The molecule has 1 spiro atoms. The molecule has 2 aliphatic rings. The van der Waals surface area contributed by atoms with Crippen molar-refractivity contribution in [2.24, 2.45) is 11.3 Å². The van der Waals surface area contributed by atoms with Gasteiger partial charge in [-0.05, 0) is 32.1 Å². The van der Waals surface area contributed by atoms with Crippen LogP contribution in [0, 0.1) is 11.3 Å². The van der Waals surface area contributed by atoms with Gasteiger partial charge in [-0.2, -0.15) is 0 Å². The zero-order valence-electron chi connectivity index (χ0n) is 16.7. The second-order valence-corrected chi connectivity index (χ2v) is 8.05. The Labute approximate surface area is 157 Å². The SMILES string of the molecule is CCCC(CCC)C(=O)N1CCC[C@@]2(CN(C(=O)COC)CCC2O)C1. The van der Waals surface area contributed by atoms with Crippen LogP contribution in [0.25, 0.3) is 0 Å². The summed E-state index contributed by atoms with van der Waals surface area (Å²) in [7, 11) is 1.52. The van der Waals surface area contributed by atoms with Crippen LogP contribution in [0.2, 0.25) is 0 Å². The average molecular weight is 369 g/mol. The second-order valence-electron chi connectivity index (χ2n) is 8.05. The molecular formula is C20H36N2O4. The lowest BCUT2D eigenvalue weighted by atomic mass is 9.71. The average Bonchev–Trinajstić information content (AvgIpc) is 2.64. The maximum absolute atomic E-state index is 13.1.